The smallest absolute Gasteiger partial charge is 0.182 e. The van der Waals surface area contributed by atoms with Crippen molar-refractivity contribution in [3.05, 3.63) is 35.7 Å². The topological polar surface area (TPSA) is 50.1 Å². The first-order valence-electron chi connectivity index (χ1n) is 7.27. The molecule has 1 saturated heterocycles. The van der Waals surface area contributed by atoms with Crippen LogP contribution in [-0.4, -0.2) is 51.3 Å². The Bertz CT molecular complexity index is 644. The summed E-state index contributed by atoms with van der Waals surface area (Å²) in [6.45, 7) is 3.63. The highest BCUT2D eigenvalue weighted by Gasteiger charge is 2.20. The molecule has 1 aliphatic heterocycles. The third-order valence-electron chi connectivity index (χ3n) is 3.93. The Morgan fingerprint density at radius 1 is 1.14 bits per heavy atom. The second-order valence-electron chi connectivity index (χ2n) is 5.41. The fraction of sp³-hybridized carbons (Fsp3) is 0.500. The van der Waals surface area contributed by atoms with Crippen LogP contribution in [0.4, 0.5) is 14.5 Å². The molecular weight excluding hydrogens is 290 g/mol. The molecule has 118 valence electrons. The van der Waals surface area contributed by atoms with Gasteiger partial charge in [-0.15, -0.1) is 5.10 Å². The lowest BCUT2D eigenvalue weighted by Crippen LogP contribution is -2.31. The van der Waals surface area contributed by atoms with Gasteiger partial charge in [-0.25, -0.2) is 13.5 Å². The Hall–Kier alpha value is -2.09. The van der Waals surface area contributed by atoms with Crippen LogP contribution in [0.3, 0.4) is 0 Å². The molecular formula is C14H18F2N6. The molecule has 6 nitrogen and oxygen atoms in total. The Kier molecular flexibility index (Phi) is 4.28. The summed E-state index contributed by atoms with van der Waals surface area (Å²) in [5, 5.41) is 11.4. The molecule has 0 saturated carbocycles. The molecule has 1 aromatic heterocycles. The molecule has 1 aliphatic rings. The number of hydrogen-bond donors (Lipinski definition) is 0. The van der Waals surface area contributed by atoms with Gasteiger partial charge in [-0.1, -0.05) is 6.07 Å². The molecule has 0 N–H and O–H groups in total. The van der Waals surface area contributed by atoms with Crippen molar-refractivity contribution in [2.24, 2.45) is 7.05 Å². The SMILES string of the molecule is Cn1nnnc1CN1CCCN(c2cccc(F)c2F)CC1. The standard InChI is InChI=1S/C14H18F2N6/c1-20-13(17-18-19-20)10-21-6-3-7-22(9-8-21)12-5-2-4-11(15)14(12)16/h2,4-5H,3,6-10H2,1H3. The van der Waals surface area contributed by atoms with E-state index in [0.717, 1.165) is 31.4 Å². The summed E-state index contributed by atoms with van der Waals surface area (Å²) in [4.78, 5) is 4.12. The normalized spacial score (nSPS) is 16.8. The molecule has 2 aromatic rings. The van der Waals surface area contributed by atoms with Gasteiger partial charge in [0.1, 0.15) is 0 Å². The predicted octanol–water partition coefficient (Wildman–Crippen LogP) is 1.20. The van der Waals surface area contributed by atoms with Crippen LogP contribution >= 0.6 is 0 Å². The maximum absolute atomic E-state index is 13.9. The second kappa shape index (κ2) is 6.35. The van der Waals surface area contributed by atoms with E-state index in [1.54, 1.807) is 16.8 Å². The molecule has 2 heterocycles. The maximum atomic E-state index is 13.9. The largest absolute Gasteiger partial charge is 0.368 e. The van der Waals surface area contributed by atoms with E-state index in [2.05, 4.69) is 20.4 Å². The van der Waals surface area contributed by atoms with Crippen molar-refractivity contribution in [1.82, 2.24) is 25.1 Å². The van der Waals surface area contributed by atoms with Crippen molar-refractivity contribution in [2.75, 3.05) is 31.1 Å². The summed E-state index contributed by atoms with van der Waals surface area (Å²) in [5.74, 6) is -0.775. The van der Waals surface area contributed by atoms with E-state index < -0.39 is 11.6 Å². The molecule has 0 amide bonds. The monoisotopic (exact) mass is 308 g/mol. The van der Waals surface area contributed by atoms with Crippen LogP contribution in [-0.2, 0) is 13.6 Å². The van der Waals surface area contributed by atoms with Crippen LogP contribution in [0.2, 0.25) is 0 Å². The summed E-state index contributed by atoms with van der Waals surface area (Å²) in [5.41, 5.74) is 0.335. The molecule has 0 spiro atoms. The fourth-order valence-corrected chi connectivity index (χ4v) is 2.69. The van der Waals surface area contributed by atoms with Gasteiger partial charge in [-0.3, -0.25) is 4.90 Å². The Morgan fingerprint density at radius 2 is 2.00 bits per heavy atom. The van der Waals surface area contributed by atoms with E-state index in [0.29, 0.717) is 25.3 Å². The van der Waals surface area contributed by atoms with Gasteiger partial charge in [0, 0.05) is 33.2 Å². The van der Waals surface area contributed by atoms with E-state index >= 15 is 0 Å². The van der Waals surface area contributed by atoms with Gasteiger partial charge < -0.3 is 4.90 Å². The number of rotatable bonds is 3. The molecule has 8 heteroatoms. The Labute approximate surface area is 127 Å². The third kappa shape index (κ3) is 3.06. The van der Waals surface area contributed by atoms with Crippen LogP contribution in [0.1, 0.15) is 12.2 Å². The Morgan fingerprint density at radius 3 is 2.77 bits per heavy atom. The van der Waals surface area contributed by atoms with Crippen molar-refractivity contribution >= 4 is 5.69 Å². The molecule has 22 heavy (non-hydrogen) atoms. The van der Waals surface area contributed by atoms with E-state index in [9.17, 15) is 8.78 Å². The molecule has 3 rings (SSSR count). The summed E-state index contributed by atoms with van der Waals surface area (Å²) < 4.78 is 28.9. The molecule has 0 atom stereocenters. The number of tetrazole rings is 1. The van der Waals surface area contributed by atoms with Crippen LogP contribution in [0.5, 0.6) is 0 Å². The third-order valence-corrected chi connectivity index (χ3v) is 3.93. The maximum Gasteiger partial charge on any atom is 0.182 e. The predicted molar refractivity (Wildman–Crippen MR) is 77.3 cm³/mol. The second-order valence-corrected chi connectivity index (χ2v) is 5.41. The zero-order valence-corrected chi connectivity index (χ0v) is 12.4. The van der Waals surface area contributed by atoms with E-state index in [1.807, 2.05) is 11.9 Å². The van der Waals surface area contributed by atoms with Crippen molar-refractivity contribution in [3.63, 3.8) is 0 Å². The minimum absolute atomic E-state index is 0.335. The highest BCUT2D eigenvalue weighted by Crippen LogP contribution is 2.22. The molecule has 1 fully saturated rings. The summed E-state index contributed by atoms with van der Waals surface area (Å²) in [7, 11) is 1.81. The quantitative estimate of drug-likeness (QED) is 0.853. The number of halogens is 2. The number of aromatic nitrogens is 4. The first-order valence-corrected chi connectivity index (χ1v) is 7.27. The molecule has 0 unspecified atom stereocenters. The molecule has 0 radical (unpaired) electrons. The lowest BCUT2D eigenvalue weighted by atomic mass is 10.2. The zero-order valence-electron chi connectivity index (χ0n) is 12.4. The van der Waals surface area contributed by atoms with Crippen molar-refractivity contribution in [2.45, 2.75) is 13.0 Å². The van der Waals surface area contributed by atoms with Gasteiger partial charge in [0.2, 0.25) is 0 Å². The van der Waals surface area contributed by atoms with Gasteiger partial charge in [0.15, 0.2) is 17.5 Å². The summed E-state index contributed by atoms with van der Waals surface area (Å²) >= 11 is 0. The zero-order chi connectivity index (χ0) is 15.5. The number of hydrogen-bond acceptors (Lipinski definition) is 5. The van der Waals surface area contributed by atoms with E-state index in [-0.39, 0.29) is 0 Å². The Balaban J connectivity index is 1.67. The lowest BCUT2D eigenvalue weighted by molar-refractivity contribution is 0.274. The first-order chi connectivity index (χ1) is 10.6. The highest BCUT2D eigenvalue weighted by atomic mass is 19.2. The van der Waals surface area contributed by atoms with Crippen LogP contribution in [0.15, 0.2) is 18.2 Å². The molecule has 0 bridgehead atoms. The number of benzene rings is 1. The first kappa shape index (κ1) is 14.8. The summed E-state index contributed by atoms with van der Waals surface area (Å²) in [6, 6.07) is 4.31. The van der Waals surface area contributed by atoms with Crippen LogP contribution < -0.4 is 4.90 Å². The fourth-order valence-electron chi connectivity index (χ4n) is 2.69. The van der Waals surface area contributed by atoms with Gasteiger partial charge in [0.05, 0.1) is 12.2 Å². The number of nitrogens with zero attached hydrogens (tertiary/aromatic N) is 6. The summed E-state index contributed by atoms with van der Waals surface area (Å²) in [6.07, 6.45) is 0.876. The average Bonchev–Trinajstić information content (AvgIpc) is 2.77. The minimum Gasteiger partial charge on any atom is -0.368 e. The van der Waals surface area contributed by atoms with Crippen LogP contribution in [0.25, 0.3) is 0 Å². The van der Waals surface area contributed by atoms with Gasteiger partial charge >= 0.3 is 0 Å². The number of aryl methyl sites for hydroxylation is 1. The number of anilines is 1. The highest BCUT2D eigenvalue weighted by molar-refractivity contribution is 5.48. The van der Waals surface area contributed by atoms with E-state index in [1.165, 1.54) is 0 Å². The van der Waals surface area contributed by atoms with Gasteiger partial charge in [0.25, 0.3) is 0 Å². The van der Waals surface area contributed by atoms with Gasteiger partial charge in [-0.05, 0) is 29.0 Å². The lowest BCUT2D eigenvalue weighted by Gasteiger charge is -2.24. The minimum atomic E-state index is -0.802. The van der Waals surface area contributed by atoms with Gasteiger partial charge in [-0.2, -0.15) is 0 Å². The van der Waals surface area contributed by atoms with E-state index in [4.69, 9.17) is 0 Å². The van der Waals surface area contributed by atoms with Crippen molar-refractivity contribution in [3.8, 4) is 0 Å². The van der Waals surface area contributed by atoms with Crippen molar-refractivity contribution in [1.29, 1.82) is 0 Å². The van der Waals surface area contributed by atoms with Crippen molar-refractivity contribution < 1.29 is 8.78 Å². The molecule has 1 aromatic carbocycles. The average molecular weight is 308 g/mol. The molecule has 0 aliphatic carbocycles. The van der Waals surface area contributed by atoms with Crippen LogP contribution in [0, 0.1) is 11.6 Å².